The van der Waals surface area contributed by atoms with Gasteiger partial charge in [-0.1, -0.05) is 26.0 Å². The van der Waals surface area contributed by atoms with E-state index in [1.807, 2.05) is 48.5 Å². The van der Waals surface area contributed by atoms with Gasteiger partial charge in [0.15, 0.2) is 0 Å². The van der Waals surface area contributed by atoms with E-state index in [-0.39, 0.29) is 12.0 Å². The normalized spacial score (nSPS) is 16.8. The molecule has 1 atom stereocenters. The van der Waals surface area contributed by atoms with Gasteiger partial charge in [-0.3, -0.25) is 4.79 Å². The quantitative estimate of drug-likeness (QED) is 0.835. The molecule has 0 aliphatic carbocycles. The van der Waals surface area contributed by atoms with Gasteiger partial charge >= 0.3 is 0 Å². The van der Waals surface area contributed by atoms with Crippen molar-refractivity contribution in [2.45, 2.75) is 38.7 Å². The van der Waals surface area contributed by atoms with Crippen molar-refractivity contribution < 1.29 is 14.3 Å². The molecular weight excluding hydrogens is 314 g/mol. The van der Waals surface area contributed by atoms with Crippen LogP contribution in [0.2, 0.25) is 0 Å². The average molecular weight is 339 g/mol. The highest BCUT2D eigenvalue weighted by atomic mass is 16.5. The summed E-state index contributed by atoms with van der Waals surface area (Å²) >= 11 is 0. The van der Waals surface area contributed by atoms with Crippen molar-refractivity contribution in [1.82, 2.24) is 0 Å². The van der Waals surface area contributed by atoms with Crippen LogP contribution < -0.4 is 10.1 Å². The third-order valence-electron chi connectivity index (χ3n) is 4.41. The van der Waals surface area contributed by atoms with E-state index in [2.05, 4.69) is 19.2 Å². The number of hydrogen-bond donors (Lipinski definition) is 1. The van der Waals surface area contributed by atoms with Gasteiger partial charge in [0.05, 0.1) is 6.10 Å². The van der Waals surface area contributed by atoms with Crippen LogP contribution in [0.15, 0.2) is 48.5 Å². The van der Waals surface area contributed by atoms with Gasteiger partial charge < -0.3 is 14.8 Å². The molecule has 1 amide bonds. The highest BCUT2D eigenvalue weighted by molar-refractivity contribution is 6.04. The van der Waals surface area contributed by atoms with Gasteiger partial charge in [-0.15, -0.1) is 0 Å². The van der Waals surface area contributed by atoms with Crippen LogP contribution in [0.4, 0.5) is 5.69 Å². The maximum atomic E-state index is 12.3. The van der Waals surface area contributed by atoms with Crippen molar-refractivity contribution in [1.29, 1.82) is 0 Å². The molecule has 0 bridgehead atoms. The maximum absolute atomic E-state index is 12.3. The fourth-order valence-electron chi connectivity index (χ4n) is 2.82. The first-order valence-corrected chi connectivity index (χ1v) is 8.87. The van der Waals surface area contributed by atoms with Crippen LogP contribution in [0.25, 0.3) is 0 Å². The van der Waals surface area contributed by atoms with Crippen LogP contribution in [0.1, 0.15) is 48.5 Å². The second kappa shape index (κ2) is 8.17. The third kappa shape index (κ3) is 4.83. The number of benzene rings is 2. The number of rotatable bonds is 6. The van der Waals surface area contributed by atoms with Crippen LogP contribution in [0.3, 0.4) is 0 Å². The summed E-state index contributed by atoms with van der Waals surface area (Å²) < 4.78 is 11.3. The first-order valence-electron chi connectivity index (χ1n) is 8.87. The van der Waals surface area contributed by atoms with Gasteiger partial charge in [-0.05, 0) is 60.7 Å². The van der Waals surface area contributed by atoms with Gasteiger partial charge in [0, 0.05) is 17.9 Å². The van der Waals surface area contributed by atoms with E-state index in [4.69, 9.17) is 9.47 Å². The van der Waals surface area contributed by atoms with Crippen LogP contribution in [-0.2, 0) is 4.74 Å². The van der Waals surface area contributed by atoms with Crippen molar-refractivity contribution in [3.05, 3.63) is 59.7 Å². The monoisotopic (exact) mass is 339 g/mol. The smallest absolute Gasteiger partial charge is 0.255 e. The lowest BCUT2D eigenvalue weighted by atomic mass is 10.0. The molecule has 1 saturated heterocycles. The molecule has 0 spiro atoms. The van der Waals surface area contributed by atoms with E-state index in [1.165, 1.54) is 5.56 Å². The Hall–Kier alpha value is -2.33. The Morgan fingerprint density at radius 2 is 1.88 bits per heavy atom. The average Bonchev–Trinajstić information content (AvgIpc) is 3.15. The van der Waals surface area contributed by atoms with Crippen LogP contribution in [0, 0.1) is 0 Å². The largest absolute Gasteiger partial charge is 0.491 e. The Morgan fingerprint density at radius 1 is 1.16 bits per heavy atom. The number of nitrogens with one attached hydrogen (secondary N) is 1. The van der Waals surface area contributed by atoms with Crippen LogP contribution in [-0.4, -0.2) is 25.2 Å². The van der Waals surface area contributed by atoms with Crippen molar-refractivity contribution in [2.24, 2.45) is 0 Å². The summed E-state index contributed by atoms with van der Waals surface area (Å²) in [7, 11) is 0. The second-order valence-electron chi connectivity index (χ2n) is 6.70. The number of hydrogen-bond acceptors (Lipinski definition) is 3. The van der Waals surface area contributed by atoms with Gasteiger partial charge in [-0.2, -0.15) is 0 Å². The zero-order chi connectivity index (χ0) is 17.6. The lowest BCUT2D eigenvalue weighted by Gasteiger charge is -2.12. The molecule has 1 aliphatic heterocycles. The van der Waals surface area contributed by atoms with Gasteiger partial charge in [0.1, 0.15) is 12.4 Å². The molecule has 3 rings (SSSR count). The Labute approximate surface area is 149 Å². The first-order chi connectivity index (χ1) is 12.1. The van der Waals surface area contributed by atoms with E-state index in [0.29, 0.717) is 18.1 Å². The summed E-state index contributed by atoms with van der Waals surface area (Å²) in [6.07, 6.45) is 2.37. The Bertz CT molecular complexity index is 686. The Balaban J connectivity index is 1.54. The molecular formula is C21H25NO3. The zero-order valence-electron chi connectivity index (χ0n) is 14.8. The molecule has 25 heavy (non-hydrogen) atoms. The fourth-order valence-corrected chi connectivity index (χ4v) is 2.82. The number of ether oxygens (including phenoxy) is 2. The fraction of sp³-hybridized carbons (Fsp3) is 0.381. The summed E-state index contributed by atoms with van der Waals surface area (Å²) in [6.45, 7) is 5.68. The molecule has 0 aromatic heterocycles. The first kappa shape index (κ1) is 17.5. The highest BCUT2D eigenvalue weighted by Gasteiger charge is 2.16. The van der Waals surface area contributed by atoms with Crippen molar-refractivity contribution in [3.8, 4) is 5.75 Å². The highest BCUT2D eigenvalue weighted by Crippen LogP contribution is 2.20. The number of carbonyl (C=O) groups excluding carboxylic acids is 1. The Morgan fingerprint density at radius 3 is 2.48 bits per heavy atom. The minimum Gasteiger partial charge on any atom is -0.491 e. The van der Waals surface area contributed by atoms with E-state index >= 15 is 0 Å². The number of carbonyl (C=O) groups is 1. The van der Waals surface area contributed by atoms with E-state index in [1.54, 1.807) is 0 Å². The third-order valence-corrected chi connectivity index (χ3v) is 4.41. The maximum Gasteiger partial charge on any atom is 0.255 e. The summed E-state index contributed by atoms with van der Waals surface area (Å²) in [4.78, 5) is 12.3. The molecule has 132 valence electrons. The molecule has 1 aliphatic rings. The number of anilines is 1. The van der Waals surface area contributed by atoms with Gasteiger partial charge in [0.25, 0.3) is 5.91 Å². The second-order valence-corrected chi connectivity index (χ2v) is 6.70. The lowest BCUT2D eigenvalue weighted by molar-refractivity contribution is 0.0679. The van der Waals surface area contributed by atoms with Gasteiger partial charge in [-0.25, -0.2) is 0 Å². The van der Waals surface area contributed by atoms with Crippen LogP contribution in [0.5, 0.6) is 5.75 Å². The summed E-state index contributed by atoms with van der Waals surface area (Å²) in [5.41, 5.74) is 2.63. The molecule has 2 aromatic carbocycles. The van der Waals surface area contributed by atoms with Crippen molar-refractivity contribution in [2.75, 3.05) is 18.5 Å². The predicted octanol–water partition coefficient (Wildman–Crippen LogP) is 4.62. The zero-order valence-corrected chi connectivity index (χ0v) is 14.8. The molecule has 0 radical (unpaired) electrons. The topological polar surface area (TPSA) is 47.6 Å². The van der Waals surface area contributed by atoms with E-state index < -0.39 is 0 Å². The standard InChI is InChI=1S/C21H25NO3/c1-15(2)16-5-7-17(8-6-16)21(23)22-18-9-11-19(12-10-18)25-14-20-4-3-13-24-20/h5-12,15,20H,3-4,13-14H2,1-2H3,(H,22,23). The summed E-state index contributed by atoms with van der Waals surface area (Å²) in [5, 5.41) is 2.91. The van der Waals surface area contributed by atoms with Crippen molar-refractivity contribution in [3.63, 3.8) is 0 Å². The molecule has 2 aromatic rings. The molecule has 1 fully saturated rings. The van der Waals surface area contributed by atoms with Crippen molar-refractivity contribution >= 4 is 11.6 Å². The molecule has 4 nitrogen and oxygen atoms in total. The minimum absolute atomic E-state index is 0.108. The minimum atomic E-state index is -0.108. The lowest BCUT2D eigenvalue weighted by Crippen LogP contribution is -2.16. The molecule has 1 unspecified atom stereocenters. The molecule has 1 N–H and O–H groups in total. The predicted molar refractivity (Wildman–Crippen MR) is 99.4 cm³/mol. The number of amides is 1. The summed E-state index contributed by atoms with van der Waals surface area (Å²) in [6, 6.07) is 15.2. The van der Waals surface area contributed by atoms with Gasteiger partial charge in [0.2, 0.25) is 0 Å². The van der Waals surface area contributed by atoms with E-state index in [0.717, 1.165) is 30.9 Å². The molecule has 1 heterocycles. The van der Waals surface area contributed by atoms with Crippen LogP contribution >= 0.6 is 0 Å². The molecule has 4 heteroatoms. The SMILES string of the molecule is CC(C)c1ccc(C(=O)Nc2ccc(OCC3CCCO3)cc2)cc1. The van der Waals surface area contributed by atoms with E-state index in [9.17, 15) is 4.79 Å². The molecule has 0 saturated carbocycles. The Kier molecular flexibility index (Phi) is 5.71. The summed E-state index contributed by atoms with van der Waals surface area (Å²) in [5.74, 6) is 1.14.